The first-order chi connectivity index (χ1) is 14.2. The largest absolute Gasteiger partial charge is 0.497 e. The predicted octanol–water partition coefficient (Wildman–Crippen LogP) is 2.14. The van der Waals surface area contributed by atoms with E-state index in [9.17, 15) is 5.11 Å². The summed E-state index contributed by atoms with van der Waals surface area (Å²) in [5.41, 5.74) is 2.43. The smallest absolute Gasteiger partial charge is 0.119 e. The highest BCUT2D eigenvalue weighted by Gasteiger charge is 2.26. The topological polar surface area (TPSA) is 65.4 Å². The summed E-state index contributed by atoms with van der Waals surface area (Å²) >= 11 is 0. The summed E-state index contributed by atoms with van der Waals surface area (Å²) in [6.45, 7) is 5.10. The third kappa shape index (κ3) is 6.44. The molecular formula is C23H32N2O4. The number of piperazine rings is 1. The second kappa shape index (κ2) is 11.2. The molecule has 0 unspecified atom stereocenters. The van der Waals surface area contributed by atoms with E-state index in [1.54, 1.807) is 7.11 Å². The van der Waals surface area contributed by atoms with Crippen molar-refractivity contribution in [2.75, 3.05) is 46.6 Å². The maximum Gasteiger partial charge on any atom is 0.119 e. The van der Waals surface area contributed by atoms with Crippen molar-refractivity contribution in [3.8, 4) is 11.5 Å². The van der Waals surface area contributed by atoms with Crippen molar-refractivity contribution in [3.63, 3.8) is 0 Å². The van der Waals surface area contributed by atoms with E-state index in [-0.39, 0.29) is 13.2 Å². The quantitative estimate of drug-likeness (QED) is 0.637. The Labute approximate surface area is 173 Å². The number of aliphatic hydroxyl groups excluding tert-OH is 2. The summed E-state index contributed by atoms with van der Waals surface area (Å²) in [6.07, 6.45) is 0.764. The van der Waals surface area contributed by atoms with Crippen LogP contribution in [0.1, 0.15) is 17.5 Å². The number of ether oxygens (including phenoxy) is 2. The van der Waals surface area contributed by atoms with Gasteiger partial charge in [-0.3, -0.25) is 9.80 Å². The molecule has 1 heterocycles. The standard InChI is InChI=1S/C23H32N2O4/c1-28-22-6-2-5-20(14-22)17-25-10-9-24(18-21(25)8-11-26)16-19-4-3-7-23(15-19)29-13-12-27/h2-7,14-15,21,26-27H,8-13,16-18H2,1H3/t21-/m1/s1. The zero-order chi connectivity index (χ0) is 20.5. The van der Waals surface area contributed by atoms with Crippen molar-refractivity contribution in [1.29, 1.82) is 0 Å². The van der Waals surface area contributed by atoms with Crippen molar-refractivity contribution in [1.82, 2.24) is 9.80 Å². The number of nitrogens with zero attached hydrogens (tertiary/aromatic N) is 2. The average molecular weight is 401 g/mol. The lowest BCUT2D eigenvalue weighted by atomic mass is 10.1. The highest BCUT2D eigenvalue weighted by Crippen LogP contribution is 2.21. The Morgan fingerprint density at radius 3 is 2.38 bits per heavy atom. The Balaban J connectivity index is 1.60. The summed E-state index contributed by atoms with van der Waals surface area (Å²) < 4.78 is 10.9. The molecule has 6 heteroatoms. The number of hydrogen-bond acceptors (Lipinski definition) is 6. The minimum absolute atomic E-state index is 0.0162. The zero-order valence-corrected chi connectivity index (χ0v) is 17.2. The molecule has 3 rings (SSSR count). The first-order valence-corrected chi connectivity index (χ1v) is 10.2. The molecule has 29 heavy (non-hydrogen) atoms. The predicted molar refractivity (Wildman–Crippen MR) is 113 cm³/mol. The maximum atomic E-state index is 9.58. The molecule has 2 N–H and O–H groups in total. The minimum Gasteiger partial charge on any atom is -0.497 e. The number of methoxy groups -OCH3 is 1. The molecule has 1 saturated heterocycles. The Kier molecular flexibility index (Phi) is 8.31. The molecule has 0 spiro atoms. The van der Waals surface area contributed by atoms with Gasteiger partial charge in [-0.05, 0) is 41.8 Å². The summed E-state index contributed by atoms with van der Waals surface area (Å²) in [4.78, 5) is 4.90. The fraction of sp³-hybridized carbons (Fsp3) is 0.478. The minimum atomic E-state index is 0.0162. The molecule has 0 aliphatic carbocycles. The lowest BCUT2D eigenvalue weighted by Gasteiger charge is -2.41. The maximum absolute atomic E-state index is 9.58. The molecule has 6 nitrogen and oxygen atoms in total. The van der Waals surface area contributed by atoms with E-state index in [1.807, 2.05) is 30.3 Å². The first-order valence-electron chi connectivity index (χ1n) is 10.2. The van der Waals surface area contributed by atoms with Crippen LogP contribution in [0.25, 0.3) is 0 Å². The second-order valence-electron chi connectivity index (χ2n) is 7.44. The fourth-order valence-electron chi connectivity index (χ4n) is 3.89. The third-order valence-corrected chi connectivity index (χ3v) is 5.34. The molecule has 0 saturated carbocycles. The van der Waals surface area contributed by atoms with Gasteiger partial charge in [0.1, 0.15) is 18.1 Å². The Morgan fingerprint density at radius 2 is 1.66 bits per heavy atom. The van der Waals surface area contributed by atoms with Crippen molar-refractivity contribution in [2.24, 2.45) is 0 Å². The van der Waals surface area contributed by atoms with Crippen LogP contribution in [-0.4, -0.2) is 72.6 Å². The SMILES string of the molecule is COc1cccc(CN2CCN(Cc3cccc(OCCO)c3)C[C@H]2CCO)c1. The van der Waals surface area contributed by atoms with Gasteiger partial charge in [-0.2, -0.15) is 0 Å². The molecule has 0 bridgehead atoms. The highest BCUT2D eigenvalue weighted by molar-refractivity contribution is 5.29. The molecule has 2 aromatic carbocycles. The van der Waals surface area contributed by atoms with Gasteiger partial charge < -0.3 is 19.7 Å². The van der Waals surface area contributed by atoms with Crippen molar-refractivity contribution >= 4 is 0 Å². The van der Waals surface area contributed by atoms with Crippen LogP contribution in [0, 0.1) is 0 Å². The molecule has 0 radical (unpaired) electrons. The van der Waals surface area contributed by atoms with Crippen molar-refractivity contribution in [3.05, 3.63) is 59.7 Å². The van der Waals surface area contributed by atoms with Crippen LogP contribution in [0.15, 0.2) is 48.5 Å². The third-order valence-electron chi connectivity index (χ3n) is 5.34. The normalized spacial score (nSPS) is 18.0. The van der Waals surface area contributed by atoms with Crippen LogP contribution >= 0.6 is 0 Å². The molecule has 0 amide bonds. The first kappa shape index (κ1) is 21.6. The van der Waals surface area contributed by atoms with Gasteiger partial charge in [0.05, 0.1) is 13.7 Å². The zero-order valence-electron chi connectivity index (χ0n) is 17.2. The van der Waals surface area contributed by atoms with Crippen LogP contribution in [-0.2, 0) is 13.1 Å². The lowest BCUT2D eigenvalue weighted by molar-refractivity contribution is 0.0499. The molecule has 1 atom stereocenters. The van der Waals surface area contributed by atoms with Gasteiger partial charge in [0.15, 0.2) is 0 Å². The Bertz CT molecular complexity index is 755. The van der Waals surface area contributed by atoms with E-state index in [1.165, 1.54) is 11.1 Å². The van der Waals surface area contributed by atoms with Crippen LogP contribution in [0.4, 0.5) is 0 Å². The molecular weight excluding hydrogens is 368 g/mol. The summed E-state index contributed by atoms with van der Waals surface area (Å²) in [5, 5.41) is 18.5. The van der Waals surface area contributed by atoms with Gasteiger partial charge in [0.25, 0.3) is 0 Å². The summed E-state index contributed by atoms with van der Waals surface area (Å²) in [7, 11) is 1.69. The monoisotopic (exact) mass is 400 g/mol. The van der Waals surface area contributed by atoms with E-state index in [0.29, 0.717) is 12.6 Å². The molecule has 2 aromatic rings. The van der Waals surface area contributed by atoms with Crippen LogP contribution in [0.2, 0.25) is 0 Å². The van der Waals surface area contributed by atoms with Gasteiger partial charge in [-0.1, -0.05) is 24.3 Å². The lowest BCUT2D eigenvalue weighted by Crippen LogP contribution is -2.52. The number of hydrogen-bond donors (Lipinski definition) is 2. The van der Waals surface area contributed by atoms with E-state index in [4.69, 9.17) is 14.6 Å². The van der Waals surface area contributed by atoms with Gasteiger partial charge in [0.2, 0.25) is 0 Å². The van der Waals surface area contributed by atoms with Gasteiger partial charge in [-0.15, -0.1) is 0 Å². The Hall–Kier alpha value is -2.12. The molecule has 1 aliphatic heterocycles. The van der Waals surface area contributed by atoms with Crippen LogP contribution in [0.5, 0.6) is 11.5 Å². The van der Waals surface area contributed by atoms with Crippen molar-refractivity contribution in [2.45, 2.75) is 25.6 Å². The summed E-state index contributed by atoms with van der Waals surface area (Å²) in [6, 6.07) is 16.6. The number of rotatable bonds is 10. The van der Waals surface area contributed by atoms with E-state index < -0.39 is 0 Å². The van der Waals surface area contributed by atoms with Gasteiger partial charge >= 0.3 is 0 Å². The molecule has 1 aliphatic rings. The fourth-order valence-corrected chi connectivity index (χ4v) is 3.89. The Morgan fingerprint density at radius 1 is 0.931 bits per heavy atom. The molecule has 1 fully saturated rings. The van der Waals surface area contributed by atoms with Crippen molar-refractivity contribution < 1.29 is 19.7 Å². The summed E-state index contributed by atoms with van der Waals surface area (Å²) in [5.74, 6) is 1.67. The number of aliphatic hydroxyl groups is 2. The second-order valence-corrected chi connectivity index (χ2v) is 7.44. The van der Waals surface area contributed by atoms with Gasteiger partial charge in [-0.25, -0.2) is 0 Å². The number of benzene rings is 2. The van der Waals surface area contributed by atoms with E-state index in [2.05, 4.69) is 28.0 Å². The van der Waals surface area contributed by atoms with E-state index in [0.717, 1.165) is 50.6 Å². The molecule has 158 valence electrons. The van der Waals surface area contributed by atoms with Crippen LogP contribution in [0.3, 0.4) is 0 Å². The van der Waals surface area contributed by atoms with E-state index >= 15 is 0 Å². The van der Waals surface area contributed by atoms with Crippen LogP contribution < -0.4 is 9.47 Å². The van der Waals surface area contributed by atoms with Gasteiger partial charge in [0, 0.05) is 45.4 Å². The highest BCUT2D eigenvalue weighted by atomic mass is 16.5. The average Bonchev–Trinajstić information content (AvgIpc) is 2.75. The molecule has 0 aromatic heterocycles.